The summed E-state index contributed by atoms with van der Waals surface area (Å²) in [7, 11) is 0. The summed E-state index contributed by atoms with van der Waals surface area (Å²) in [5.74, 6) is -0.0765. The van der Waals surface area contributed by atoms with Crippen LogP contribution in [-0.4, -0.2) is 54.6 Å². The fourth-order valence-electron chi connectivity index (χ4n) is 4.10. The van der Waals surface area contributed by atoms with Crippen LogP contribution in [-0.2, 0) is 32.2 Å². The van der Waals surface area contributed by atoms with E-state index in [1.165, 1.54) is 0 Å². The Hall–Kier alpha value is -2.45. The van der Waals surface area contributed by atoms with E-state index in [0.717, 1.165) is 28.9 Å². The van der Waals surface area contributed by atoms with E-state index < -0.39 is 11.6 Å². The van der Waals surface area contributed by atoms with E-state index in [0.29, 0.717) is 51.7 Å². The molecule has 31 heavy (non-hydrogen) atoms. The van der Waals surface area contributed by atoms with Gasteiger partial charge in [-0.3, -0.25) is 14.5 Å². The van der Waals surface area contributed by atoms with E-state index in [4.69, 9.17) is 9.47 Å². The van der Waals surface area contributed by atoms with Crippen LogP contribution in [0.2, 0.25) is 0 Å². The van der Waals surface area contributed by atoms with Crippen LogP contribution in [0.15, 0.2) is 24.3 Å². The Labute approximate surface area is 183 Å². The van der Waals surface area contributed by atoms with E-state index in [2.05, 4.69) is 17.6 Å². The van der Waals surface area contributed by atoms with Crippen molar-refractivity contribution in [1.29, 1.82) is 0 Å². The Morgan fingerprint density at radius 1 is 1.19 bits per heavy atom. The first-order chi connectivity index (χ1) is 14.9. The molecule has 2 fully saturated rings. The molecular weight excluding hydrogens is 398 g/mol. The lowest BCUT2D eigenvalue weighted by atomic mass is 9.77. The van der Waals surface area contributed by atoms with Crippen molar-refractivity contribution in [1.82, 2.24) is 15.5 Å². The van der Waals surface area contributed by atoms with Crippen LogP contribution < -0.4 is 10.6 Å². The molecule has 0 radical (unpaired) electrons. The number of urea groups is 1. The Bertz CT molecular complexity index is 789. The minimum atomic E-state index is -0.819. The van der Waals surface area contributed by atoms with E-state index in [1.807, 2.05) is 31.2 Å². The molecule has 1 aromatic carbocycles. The minimum Gasteiger partial charge on any atom is -0.379 e. The maximum absolute atomic E-state index is 12.9. The van der Waals surface area contributed by atoms with E-state index in [1.54, 1.807) is 0 Å². The Balaban J connectivity index is 1.46. The number of carbonyl (C=O) groups excluding carboxylic acids is 3. The lowest BCUT2D eigenvalue weighted by Gasteiger charge is -2.33. The first-order valence-electron chi connectivity index (χ1n) is 11.1. The summed E-state index contributed by atoms with van der Waals surface area (Å²) in [6.07, 6.45) is 3.07. The zero-order valence-corrected chi connectivity index (χ0v) is 18.4. The summed E-state index contributed by atoms with van der Waals surface area (Å²) in [5, 5.41) is 5.65. The molecule has 1 heterocycles. The molecule has 0 aromatic heterocycles. The Kier molecular flexibility index (Phi) is 8.03. The smallest absolute Gasteiger partial charge is 0.325 e. The zero-order valence-electron chi connectivity index (χ0n) is 18.4. The highest BCUT2D eigenvalue weighted by Crippen LogP contribution is 2.36. The first-order valence-corrected chi connectivity index (χ1v) is 11.1. The minimum absolute atomic E-state index is 0.262. The summed E-state index contributed by atoms with van der Waals surface area (Å²) in [6, 6.07) is 7.28. The quantitative estimate of drug-likeness (QED) is 0.438. The van der Waals surface area contributed by atoms with Crippen molar-refractivity contribution < 1.29 is 23.9 Å². The number of rotatable bonds is 10. The molecule has 0 atom stereocenters. The molecule has 1 aliphatic carbocycles. The summed E-state index contributed by atoms with van der Waals surface area (Å²) in [4.78, 5) is 38.7. The second-order valence-electron chi connectivity index (χ2n) is 8.43. The van der Waals surface area contributed by atoms with Crippen LogP contribution in [0.25, 0.3) is 0 Å². The van der Waals surface area contributed by atoms with Crippen molar-refractivity contribution in [3.05, 3.63) is 35.4 Å². The molecule has 170 valence electrons. The van der Waals surface area contributed by atoms with Crippen molar-refractivity contribution >= 4 is 17.8 Å². The molecule has 8 heteroatoms. The van der Waals surface area contributed by atoms with Crippen LogP contribution in [0.4, 0.5) is 4.79 Å². The van der Waals surface area contributed by atoms with Crippen molar-refractivity contribution in [2.75, 3.05) is 26.4 Å². The van der Waals surface area contributed by atoms with Crippen LogP contribution in [0, 0.1) is 5.92 Å². The van der Waals surface area contributed by atoms with Gasteiger partial charge < -0.3 is 20.1 Å². The summed E-state index contributed by atoms with van der Waals surface area (Å²) in [5.41, 5.74) is 1.11. The second kappa shape index (κ2) is 10.7. The normalized spacial score (nSPS) is 23.3. The highest BCUT2D eigenvalue weighted by molar-refractivity contribution is 6.09. The highest BCUT2D eigenvalue weighted by atomic mass is 16.5. The molecule has 1 aromatic rings. The van der Waals surface area contributed by atoms with E-state index >= 15 is 0 Å². The van der Waals surface area contributed by atoms with Crippen LogP contribution >= 0.6 is 0 Å². The van der Waals surface area contributed by atoms with Gasteiger partial charge in [0.05, 0.1) is 19.8 Å². The number of amides is 4. The van der Waals surface area contributed by atoms with Gasteiger partial charge in [-0.2, -0.15) is 0 Å². The van der Waals surface area contributed by atoms with Gasteiger partial charge in [-0.25, -0.2) is 4.79 Å². The SMILES string of the molecule is CCOCCOCc1cccc(CNC(=O)CN2C(=O)NC3(CCC(C)CC3)C2=O)c1. The number of nitrogens with one attached hydrogen (secondary N) is 2. The van der Waals surface area contributed by atoms with Gasteiger partial charge in [0.2, 0.25) is 5.91 Å². The number of ether oxygens (including phenoxy) is 2. The van der Waals surface area contributed by atoms with Gasteiger partial charge in [0, 0.05) is 13.2 Å². The van der Waals surface area contributed by atoms with Crippen molar-refractivity contribution in [3.63, 3.8) is 0 Å². The topological polar surface area (TPSA) is 97.0 Å². The van der Waals surface area contributed by atoms with Gasteiger partial charge in [0.1, 0.15) is 12.1 Å². The highest BCUT2D eigenvalue weighted by Gasteiger charge is 2.52. The molecule has 8 nitrogen and oxygen atoms in total. The van der Waals surface area contributed by atoms with E-state index in [-0.39, 0.29) is 18.4 Å². The van der Waals surface area contributed by atoms with Gasteiger partial charge in [-0.15, -0.1) is 0 Å². The van der Waals surface area contributed by atoms with E-state index in [9.17, 15) is 14.4 Å². The fourth-order valence-corrected chi connectivity index (χ4v) is 4.10. The molecule has 3 rings (SSSR count). The fraction of sp³-hybridized carbons (Fsp3) is 0.609. The van der Waals surface area contributed by atoms with Gasteiger partial charge in [-0.1, -0.05) is 31.2 Å². The lowest BCUT2D eigenvalue weighted by Crippen LogP contribution is -2.49. The molecule has 2 N–H and O–H groups in total. The maximum atomic E-state index is 12.9. The molecular formula is C23H33N3O5. The summed E-state index contributed by atoms with van der Waals surface area (Å²) >= 11 is 0. The van der Waals surface area contributed by atoms with Gasteiger partial charge in [0.25, 0.3) is 5.91 Å². The molecule has 0 unspecified atom stereocenters. The molecule has 2 aliphatic rings. The third-order valence-electron chi connectivity index (χ3n) is 6.00. The number of imide groups is 1. The van der Waals surface area contributed by atoms with Gasteiger partial charge in [-0.05, 0) is 49.7 Å². The maximum Gasteiger partial charge on any atom is 0.325 e. The monoisotopic (exact) mass is 431 g/mol. The summed E-state index contributed by atoms with van der Waals surface area (Å²) < 4.78 is 10.8. The van der Waals surface area contributed by atoms with Crippen LogP contribution in [0.1, 0.15) is 50.7 Å². The molecule has 0 bridgehead atoms. The third-order valence-corrected chi connectivity index (χ3v) is 6.00. The number of carbonyl (C=O) groups is 3. The predicted molar refractivity (Wildman–Crippen MR) is 115 cm³/mol. The number of nitrogens with zero attached hydrogens (tertiary/aromatic N) is 1. The predicted octanol–water partition coefficient (Wildman–Crippen LogP) is 2.36. The Morgan fingerprint density at radius 3 is 2.65 bits per heavy atom. The molecule has 1 saturated carbocycles. The zero-order chi connectivity index (χ0) is 22.3. The van der Waals surface area contributed by atoms with Gasteiger partial charge >= 0.3 is 6.03 Å². The van der Waals surface area contributed by atoms with Crippen molar-refractivity contribution in [3.8, 4) is 0 Å². The average Bonchev–Trinajstić information content (AvgIpc) is 2.99. The largest absolute Gasteiger partial charge is 0.379 e. The molecule has 1 aliphatic heterocycles. The number of benzene rings is 1. The average molecular weight is 432 g/mol. The van der Waals surface area contributed by atoms with Crippen LogP contribution in [0.5, 0.6) is 0 Å². The standard InChI is InChI=1S/C23H33N3O5/c1-3-30-11-12-31-16-19-6-4-5-18(13-19)14-24-20(27)15-26-21(28)23(25-22(26)29)9-7-17(2)8-10-23/h4-6,13,17H,3,7-12,14-16H2,1-2H3,(H,24,27)(H,25,29). The molecule has 1 saturated heterocycles. The van der Waals surface area contributed by atoms with Gasteiger partial charge in [0.15, 0.2) is 0 Å². The Morgan fingerprint density at radius 2 is 1.90 bits per heavy atom. The lowest BCUT2D eigenvalue weighted by molar-refractivity contribution is -0.136. The summed E-state index contributed by atoms with van der Waals surface area (Å²) in [6.45, 7) is 6.39. The van der Waals surface area contributed by atoms with Crippen molar-refractivity contribution in [2.45, 2.75) is 58.2 Å². The molecule has 1 spiro atoms. The second-order valence-corrected chi connectivity index (χ2v) is 8.43. The molecule has 4 amide bonds. The number of hydrogen-bond donors (Lipinski definition) is 2. The first kappa shape index (κ1) is 23.2. The number of hydrogen-bond acceptors (Lipinski definition) is 5. The van der Waals surface area contributed by atoms with Crippen LogP contribution in [0.3, 0.4) is 0 Å². The third kappa shape index (κ3) is 6.04. The van der Waals surface area contributed by atoms with Crippen molar-refractivity contribution in [2.24, 2.45) is 5.92 Å².